The van der Waals surface area contributed by atoms with Gasteiger partial charge in [0.25, 0.3) is 10.2 Å². The lowest BCUT2D eigenvalue weighted by Gasteiger charge is -2.28. The number of hydrogen-bond acceptors (Lipinski definition) is 5. The molecule has 2 atom stereocenters. The molecule has 1 saturated heterocycles. The maximum atomic E-state index is 11.2. The number of hydrogen-bond donors (Lipinski definition) is 2. The molecular formula is C7H15IN2O4S2. The van der Waals surface area contributed by atoms with E-state index < -0.39 is 10.2 Å². The SMILES string of the molecule is CNS(=O)(=O)N[C@@H]1CC[C@@H](COSI)OC1. The second-order valence-corrected chi connectivity index (χ2v) is 6.49. The molecule has 0 aromatic heterocycles. The molecule has 0 saturated carbocycles. The van der Waals surface area contributed by atoms with E-state index in [1.807, 2.05) is 21.2 Å². The third kappa shape index (κ3) is 5.47. The summed E-state index contributed by atoms with van der Waals surface area (Å²) in [7, 11) is -0.717. The Hall–Kier alpha value is 0.870. The highest BCUT2D eigenvalue weighted by Gasteiger charge is 2.24. The second-order valence-electron chi connectivity index (χ2n) is 3.40. The van der Waals surface area contributed by atoms with Crippen LogP contribution >= 0.6 is 30.4 Å². The largest absolute Gasteiger partial charge is 0.374 e. The molecular weight excluding hydrogens is 367 g/mol. The van der Waals surface area contributed by atoms with Crippen LogP contribution in [0, 0.1) is 0 Å². The second kappa shape index (κ2) is 7.34. The zero-order valence-electron chi connectivity index (χ0n) is 8.81. The van der Waals surface area contributed by atoms with Gasteiger partial charge in [-0.1, -0.05) is 0 Å². The summed E-state index contributed by atoms with van der Waals surface area (Å²) in [5.41, 5.74) is 0. The van der Waals surface area contributed by atoms with E-state index in [0.717, 1.165) is 12.8 Å². The Labute approximate surface area is 112 Å². The maximum Gasteiger partial charge on any atom is 0.276 e. The van der Waals surface area contributed by atoms with Crippen molar-refractivity contribution in [2.45, 2.75) is 25.0 Å². The topological polar surface area (TPSA) is 76.7 Å². The van der Waals surface area contributed by atoms with Crippen molar-refractivity contribution in [3.05, 3.63) is 0 Å². The summed E-state index contributed by atoms with van der Waals surface area (Å²) in [5.74, 6) is 0. The maximum absolute atomic E-state index is 11.2. The molecule has 0 spiro atoms. The number of nitrogens with one attached hydrogen (secondary N) is 2. The molecule has 9 heteroatoms. The van der Waals surface area contributed by atoms with Crippen LogP contribution in [0.5, 0.6) is 0 Å². The molecule has 1 aliphatic rings. The number of ether oxygens (including phenoxy) is 1. The summed E-state index contributed by atoms with van der Waals surface area (Å²) in [6.07, 6.45) is 1.63. The lowest BCUT2D eigenvalue weighted by molar-refractivity contribution is -0.0184. The van der Waals surface area contributed by atoms with Gasteiger partial charge in [0.15, 0.2) is 0 Å². The zero-order chi connectivity index (χ0) is 12.0. The minimum absolute atomic E-state index is 0.0672. The van der Waals surface area contributed by atoms with Crippen LogP contribution in [-0.4, -0.2) is 40.8 Å². The molecule has 0 aliphatic carbocycles. The summed E-state index contributed by atoms with van der Waals surface area (Å²) in [6.45, 7) is 0.931. The van der Waals surface area contributed by atoms with Gasteiger partial charge in [-0.3, -0.25) is 0 Å². The van der Waals surface area contributed by atoms with E-state index >= 15 is 0 Å². The third-order valence-corrected chi connectivity index (χ3v) is 4.43. The average molecular weight is 382 g/mol. The van der Waals surface area contributed by atoms with Crippen molar-refractivity contribution < 1.29 is 17.3 Å². The van der Waals surface area contributed by atoms with Crippen molar-refractivity contribution in [3.8, 4) is 0 Å². The first-order valence-electron chi connectivity index (χ1n) is 4.80. The molecule has 1 fully saturated rings. The number of rotatable bonds is 6. The first kappa shape index (κ1) is 14.9. The van der Waals surface area contributed by atoms with Crippen LogP contribution in [0.1, 0.15) is 12.8 Å². The molecule has 0 aromatic carbocycles. The van der Waals surface area contributed by atoms with Crippen LogP contribution < -0.4 is 9.44 Å². The molecule has 0 bridgehead atoms. The fraction of sp³-hybridized carbons (Fsp3) is 1.00. The Bertz CT molecular complexity index is 293. The molecule has 6 nitrogen and oxygen atoms in total. The summed E-state index contributed by atoms with van der Waals surface area (Å²) >= 11 is 2.05. The molecule has 1 heterocycles. The van der Waals surface area contributed by atoms with Crippen LogP contribution in [-0.2, 0) is 19.1 Å². The molecule has 0 amide bonds. The Morgan fingerprint density at radius 3 is 2.81 bits per heavy atom. The third-order valence-electron chi connectivity index (χ3n) is 2.26. The van der Waals surface area contributed by atoms with Gasteiger partial charge in [-0.2, -0.15) is 13.1 Å². The fourth-order valence-corrected chi connectivity index (χ4v) is 2.80. The fourth-order valence-electron chi connectivity index (χ4n) is 1.41. The van der Waals surface area contributed by atoms with Gasteiger partial charge < -0.3 is 8.92 Å². The van der Waals surface area contributed by atoms with Crippen LogP contribution in [0.3, 0.4) is 0 Å². The molecule has 1 rings (SSSR count). The molecule has 1 aliphatic heterocycles. The first-order valence-corrected chi connectivity index (χ1v) is 9.56. The molecule has 16 heavy (non-hydrogen) atoms. The van der Waals surface area contributed by atoms with Crippen molar-refractivity contribution in [2.75, 3.05) is 20.3 Å². The van der Waals surface area contributed by atoms with Gasteiger partial charge in [0.05, 0.1) is 28.5 Å². The molecule has 0 aromatic rings. The number of halogens is 1. The summed E-state index contributed by atoms with van der Waals surface area (Å²) in [6, 6.07) is -0.152. The van der Waals surface area contributed by atoms with Crippen LogP contribution in [0.15, 0.2) is 0 Å². The lowest BCUT2D eigenvalue weighted by Crippen LogP contribution is -2.47. The van der Waals surface area contributed by atoms with E-state index in [1.165, 1.54) is 16.3 Å². The monoisotopic (exact) mass is 382 g/mol. The van der Waals surface area contributed by atoms with Crippen LogP contribution in [0.2, 0.25) is 0 Å². The van der Waals surface area contributed by atoms with Crippen molar-refractivity contribution in [3.63, 3.8) is 0 Å². The highest BCUT2D eigenvalue weighted by molar-refractivity contribution is 14.2. The standard InChI is InChI=1S/C7H15IN2O4S2/c1-9-16(11,12)10-6-2-3-7(13-4-6)5-14-15-8/h6-7,9-10H,2-5H2,1H3/t6-,7+/m1/s1. The minimum atomic E-state index is -3.37. The smallest absolute Gasteiger partial charge is 0.276 e. The summed E-state index contributed by atoms with van der Waals surface area (Å²) in [5, 5.41) is 0. The first-order chi connectivity index (χ1) is 7.57. The van der Waals surface area contributed by atoms with Gasteiger partial charge >= 0.3 is 0 Å². The summed E-state index contributed by atoms with van der Waals surface area (Å²) < 4.78 is 37.8. The Balaban J connectivity index is 2.27. The van der Waals surface area contributed by atoms with Gasteiger partial charge in [-0.15, -0.1) is 0 Å². The van der Waals surface area contributed by atoms with Crippen molar-refractivity contribution >= 4 is 40.6 Å². The van der Waals surface area contributed by atoms with E-state index in [9.17, 15) is 8.42 Å². The highest BCUT2D eigenvalue weighted by atomic mass is 127. The van der Waals surface area contributed by atoms with Crippen molar-refractivity contribution in [1.82, 2.24) is 9.44 Å². The van der Waals surface area contributed by atoms with E-state index in [-0.39, 0.29) is 12.1 Å². The van der Waals surface area contributed by atoms with E-state index in [1.54, 1.807) is 0 Å². The predicted octanol–water partition coefficient (Wildman–Crippen LogP) is 0.603. The quantitative estimate of drug-likeness (QED) is 0.520. The Morgan fingerprint density at radius 2 is 2.31 bits per heavy atom. The van der Waals surface area contributed by atoms with E-state index in [0.29, 0.717) is 13.2 Å². The van der Waals surface area contributed by atoms with Gasteiger partial charge in [0.1, 0.15) is 0 Å². The van der Waals surface area contributed by atoms with Crippen LogP contribution in [0.25, 0.3) is 0 Å². The Morgan fingerprint density at radius 1 is 1.56 bits per heavy atom. The highest BCUT2D eigenvalue weighted by Crippen LogP contribution is 2.18. The minimum Gasteiger partial charge on any atom is -0.374 e. The summed E-state index contributed by atoms with van der Waals surface area (Å²) in [4.78, 5) is 0. The van der Waals surface area contributed by atoms with E-state index in [2.05, 4.69) is 9.44 Å². The molecule has 2 N–H and O–H groups in total. The van der Waals surface area contributed by atoms with Crippen molar-refractivity contribution in [2.24, 2.45) is 0 Å². The van der Waals surface area contributed by atoms with Crippen LogP contribution in [0.4, 0.5) is 0 Å². The average Bonchev–Trinajstić information content (AvgIpc) is 2.28. The molecule has 0 radical (unpaired) electrons. The molecule has 96 valence electrons. The van der Waals surface area contributed by atoms with Gasteiger partial charge in [0, 0.05) is 34.3 Å². The predicted molar refractivity (Wildman–Crippen MR) is 71.4 cm³/mol. The lowest BCUT2D eigenvalue weighted by atomic mass is 10.1. The van der Waals surface area contributed by atoms with E-state index in [4.69, 9.17) is 8.92 Å². The molecule has 0 unspecified atom stereocenters. The van der Waals surface area contributed by atoms with Gasteiger partial charge in [0.2, 0.25) is 0 Å². The van der Waals surface area contributed by atoms with Gasteiger partial charge in [-0.25, -0.2) is 4.72 Å². The normalized spacial score (nSPS) is 26.9. The Kier molecular flexibility index (Phi) is 6.85. The van der Waals surface area contributed by atoms with Gasteiger partial charge in [-0.05, 0) is 12.8 Å². The van der Waals surface area contributed by atoms with Crippen molar-refractivity contribution in [1.29, 1.82) is 0 Å². The zero-order valence-corrected chi connectivity index (χ0v) is 12.6.